The Bertz CT molecular complexity index is 826. The van der Waals surface area contributed by atoms with Crippen molar-refractivity contribution < 1.29 is 14.3 Å². The SMILES string of the molecule is O=C(COc1cccc(C(=O)N2CCc3nc[nH]c3C2)c1)N1CCCCC1. The van der Waals surface area contributed by atoms with Crippen LogP contribution in [0, 0.1) is 0 Å². The van der Waals surface area contributed by atoms with Gasteiger partial charge in [0.2, 0.25) is 0 Å². The number of nitrogens with one attached hydrogen (secondary N) is 1. The molecule has 2 aromatic rings. The predicted molar refractivity (Wildman–Crippen MR) is 99.4 cm³/mol. The molecular weight excluding hydrogens is 344 g/mol. The minimum atomic E-state index is -0.0388. The van der Waals surface area contributed by atoms with Crippen LogP contribution in [0.5, 0.6) is 5.75 Å². The lowest BCUT2D eigenvalue weighted by atomic mass is 10.1. The Labute approximate surface area is 158 Å². The van der Waals surface area contributed by atoms with E-state index in [0.717, 1.165) is 43.7 Å². The number of piperidine rings is 1. The molecule has 1 aromatic heterocycles. The fourth-order valence-corrected chi connectivity index (χ4v) is 3.67. The van der Waals surface area contributed by atoms with E-state index in [-0.39, 0.29) is 18.4 Å². The first-order chi connectivity index (χ1) is 13.2. The minimum absolute atomic E-state index is 0.00855. The van der Waals surface area contributed by atoms with E-state index in [0.29, 0.717) is 24.4 Å². The van der Waals surface area contributed by atoms with Crippen molar-refractivity contribution in [2.75, 3.05) is 26.2 Å². The summed E-state index contributed by atoms with van der Waals surface area (Å²) in [5.41, 5.74) is 2.60. The number of ether oxygens (including phenoxy) is 1. The van der Waals surface area contributed by atoms with Crippen LogP contribution in [0.1, 0.15) is 41.0 Å². The third kappa shape index (κ3) is 3.97. The van der Waals surface area contributed by atoms with Crippen LogP contribution in [0.2, 0.25) is 0 Å². The van der Waals surface area contributed by atoms with Crippen LogP contribution in [0.25, 0.3) is 0 Å². The predicted octanol–water partition coefficient (Wildman–Crippen LogP) is 2.00. The highest BCUT2D eigenvalue weighted by atomic mass is 16.5. The van der Waals surface area contributed by atoms with Crippen LogP contribution >= 0.6 is 0 Å². The summed E-state index contributed by atoms with van der Waals surface area (Å²) in [5.74, 6) is 0.516. The third-order valence-electron chi connectivity index (χ3n) is 5.21. The highest BCUT2D eigenvalue weighted by Crippen LogP contribution is 2.20. The molecule has 2 amide bonds. The van der Waals surface area contributed by atoms with Crippen LogP contribution in [0.3, 0.4) is 0 Å². The summed E-state index contributed by atoms with van der Waals surface area (Å²) in [6, 6.07) is 7.07. The molecular formula is C20H24N4O3. The number of hydrogen-bond acceptors (Lipinski definition) is 4. The molecule has 0 spiro atoms. The number of H-pyrrole nitrogens is 1. The van der Waals surface area contributed by atoms with E-state index >= 15 is 0 Å². The molecule has 2 aliphatic heterocycles. The van der Waals surface area contributed by atoms with Crippen LogP contribution in [-0.4, -0.2) is 57.8 Å². The number of rotatable bonds is 4. The first-order valence-electron chi connectivity index (χ1n) is 9.52. The van der Waals surface area contributed by atoms with Gasteiger partial charge in [0.1, 0.15) is 5.75 Å². The van der Waals surface area contributed by atoms with Gasteiger partial charge in [-0.15, -0.1) is 0 Å². The number of aromatic nitrogens is 2. The third-order valence-corrected chi connectivity index (χ3v) is 5.21. The maximum atomic E-state index is 12.8. The second kappa shape index (κ2) is 7.82. The Morgan fingerprint density at radius 3 is 2.81 bits per heavy atom. The van der Waals surface area contributed by atoms with Crippen LogP contribution in [-0.2, 0) is 17.8 Å². The molecule has 0 bridgehead atoms. The molecule has 0 radical (unpaired) electrons. The van der Waals surface area contributed by atoms with E-state index in [9.17, 15) is 9.59 Å². The van der Waals surface area contributed by atoms with E-state index in [1.165, 1.54) is 6.42 Å². The summed E-state index contributed by atoms with van der Waals surface area (Å²) in [6.07, 6.45) is 5.73. The molecule has 0 aliphatic carbocycles. The fourth-order valence-electron chi connectivity index (χ4n) is 3.67. The lowest BCUT2D eigenvalue weighted by Crippen LogP contribution is -2.38. The summed E-state index contributed by atoms with van der Waals surface area (Å²) < 4.78 is 5.66. The van der Waals surface area contributed by atoms with Crippen LogP contribution < -0.4 is 4.74 Å². The number of likely N-dealkylation sites (tertiary alicyclic amines) is 1. The second-order valence-corrected chi connectivity index (χ2v) is 7.06. The summed E-state index contributed by atoms with van der Waals surface area (Å²) in [4.78, 5) is 36.1. The van der Waals surface area contributed by atoms with Crippen LogP contribution in [0.15, 0.2) is 30.6 Å². The largest absolute Gasteiger partial charge is 0.484 e. The molecule has 0 atom stereocenters. The Morgan fingerprint density at radius 1 is 1.11 bits per heavy atom. The maximum Gasteiger partial charge on any atom is 0.260 e. The molecule has 1 aromatic carbocycles. The highest BCUT2D eigenvalue weighted by molar-refractivity contribution is 5.94. The maximum absolute atomic E-state index is 12.8. The fraction of sp³-hybridized carbons (Fsp3) is 0.450. The van der Waals surface area contributed by atoms with E-state index < -0.39 is 0 Å². The average Bonchev–Trinajstić information content (AvgIpc) is 3.20. The number of imidazole rings is 1. The van der Waals surface area contributed by atoms with Gasteiger partial charge < -0.3 is 19.5 Å². The first kappa shape index (κ1) is 17.6. The normalized spacial score (nSPS) is 16.7. The molecule has 1 N–H and O–H groups in total. The molecule has 2 aliphatic rings. The molecule has 4 rings (SSSR count). The lowest BCUT2D eigenvalue weighted by molar-refractivity contribution is -0.134. The van der Waals surface area contributed by atoms with Crippen molar-refractivity contribution >= 4 is 11.8 Å². The molecule has 27 heavy (non-hydrogen) atoms. The highest BCUT2D eigenvalue weighted by Gasteiger charge is 2.23. The number of aromatic amines is 1. The molecule has 3 heterocycles. The smallest absolute Gasteiger partial charge is 0.260 e. The second-order valence-electron chi connectivity index (χ2n) is 7.06. The van der Waals surface area contributed by atoms with Crippen molar-refractivity contribution in [1.82, 2.24) is 19.8 Å². The van der Waals surface area contributed by atoms with Crippen molar-refractivity contribution in [3.63, 3.8) is 0 Å². The van der Waals surface area contributed by atoms with Crippen molar-refractivity contribution in [3.05, 3.63) is 47.5 Å². The number of hydrogen-bond donors (Lipinski definition) is 1. The molecule has 0 unspecified atom stereocenters. The summed E-state index contributed by atoms with van der Waals surface area (Å²) in [5, 5.41) is 0. The number of carbonyl (C=O) groups excluding carboxylic acids is 2. The van der Waals surface area contributed by atoms with Crippen molar-refractivity contribution in [2.24, 2.45) is 0 Å². The van der Waals surface area contributed by atoms with E-state index in [2.05, 4.69) is 9.97 Å². The zero-order valence-electron chi connectivity index (χ0n) is 15.3. The van der Waals surface area contributed by atoms with E-state index in [4.69, 9.17) is 4.74 Å². The molecule has 0 saturated carbocycles. The molecule has 7 heteroatoms. The van der Waals surface area contributed by atoms with Crippen molar-refractivity contribution in [1.29, 1.82) is 0 Å². The van der Waals surface area contributed by atoms with Gasteiger partial charge >= 0.3 is 0 Å². The molecule has 1 saturated heterocycles. The summed E-state index contributed by atoms with van der Waals surface area (Å²) in [7, 11) is 0. The van der Waals surface area contributed by atoms with Gasteiger partial charge in [-0.3, -0.25) is 9.59 Å². The molecule has 1 fully saturated rings. The Morgan fingerprint density at radius 2 is 1.96 bits per heavy atom. The van der Waals surface area contributed by atoms with E-state index in [1.807, 2.05) is 4.90 Å². The molecule has 142 valence electrons. The lowest BCUT2D eigenvalue weighted by Gasteiger charge is -2.27. The van der Waals surface area contributed by atoms with Gasteiger partial charge in [0.05, 0.1) is 24.3 Å². The number of fused-ring (bicyclic) bond motifs is 1. The van der Waals surface area contributed by atoms with Gasteiger partial charge in [0.25, 0.3) is 11.8 Å². The van der Waals surface area contributed by atoms with E-state index in [1.54, 1.807) is 35.5 Å². The Balaban J connectivity index is 1.37. The van der Waals surface area contributed by atoms with Gasteiger partial charge in [-0.2, -0.15) is 0 Å². The zero-order chi connectivity index (χ0) is 18.6. The number of amides is 2. The van der Waals surface area contributed by atoms with Crippen LogP contribution in [0.4, 0.5) is 0 Å². The quantitative estimate of drug-likeness (QED) is 0.895. The average molecular weight is 368 g/mol. The first-order valence-corrected chi connectivity index (χ1v) is 9.52. The number of benzene rings is 1. The summed E-state index contributed by atoms with van der Waals surface area (Å²) in [6.45, 7) is 2.82. The number of nitrogens with zero attached hydrogens (tertiary/aromatic N) is 3. The zero-order valence-corrected chi connectivity index (χ0v) is 15.3. The van der Waals surface area contributed by atoms with Gasteiger partial charge in [0, 0.05) is 31.6 Å². The number of carbonyl (C=O) groups is 2. The van der Waals surface area contributed by atoms with Gasteiger partial charge in [-0.1, -0.05) is 6.07 Å². The summed E-state index contributed by atoms with van der Waals surface area (Å²) >= 11 is 0. The van der Waals surface area contributed by atoms with Gasteiger partial charge in [-0.05, 0) is 37.5 Å². The monoisotopic (exact) mass is 368 g/mol. The topological polar surface area (TPSA) is 78.5 Å². The Hall–Kier alpha value is -2.83. The Kier molecular flexibility index (Phi) is 5.09. The standard InChI is InChI=1S/C20H24N4O3/c25-19(23-8-2-1-3-9-23)13-27-16-6-4-5-15(11-16)20(26)24-10-7-17-18(12-24)22-14-21-17/h4-6,11,14H,1-3,7-10,12-13H2,(H,21,22). The van der Waals surface area contributed by atoms with Gasteiger partial charge in [0.15, 0.2) is 6.61 Å². The van der Waals surface area contributed by atoms with Gasteiger partial charge in [-0.25, -0.2) is 4.98 Å². The molecule has 7 nitrogen and oxygen atoms in total. The van der Waals surface area contributed by atoms with Crippen molar-refractivity contribution in [3.8, 4) is 5.75 Å². The van der Waals surface area contributed by atoms with Crippen molar-refractivity contribution in [2.45, 2.75) is 32.2 Å². The minimum Gasteiger partial charge on any atom is -0.484 e.